The smallest absolute Gasteiger partial charge is 0.267 e. The van der Waals surface area contributed by atoms with Crippen molar-refractivity contribution < 1.29 is 4.42 Å². The van der Waals surface area contributed by atoms with E-state index in [2.05, 4.69) is 14.9 Å². The van der Waals surface area contributed by atoms with Crippen molar-refractivity contribution in [1.29, 1.82) is 0 Å². The molecule has 0 atom stereocenters. The summed E-state index contributed by atoms with van der Waals surface area (Å²) in [5.41, 5.74) is 3.47. The molecule has 1 aliphatic carbocycles. The van der Waals surface area contributed by atoms with E-state index in [1.807, 2.05) is 11.8 Å². The second kappa shape index (κ2) is 8.62. The maximum Gasteiger partial charge on any atom is 0.267 e. The fraction of sp³-hybridized carbons (Fsp3) is 0.667. The molecule has 8 heteroatoms. The van der Waals surface area contributed by atoms with Crippen LogP contribution >= 0.6 is 11.8 Å². The minimum Gasteiger partial charge on any atom is -0.444 e. The Hall–Kier alpha value is -1.64. The molecule has 1 fully saturated rings. The fourth-order valence-corrected chi connectivity index (χ4v) is 5.44. The van der Waals surface area contributed by atoms with Crippen LogP contribution in [0.1, 0.15) is 41.4 Å². The fourth-order valence-electron chi connectivity index (χ4n) is 4.48. The molecule has 29 heavy (non-hydrogen) atoms. The van der Waals surface area contributed by atoms with Gasteiger partial charge in [0.2, 0.25) is 5.89 Å². The van der Waals surface area contributed by atoms with E-state index in [0.717, 1.165) is 92.9 Å². The van der Waals surface area contributed by atoms with Gasteiger partial charge in [-0.05, 0) is 30.6 Å². The van der Waals surface area contributed by atoms with Crippen LogP contribution in [0.3, 0.4) is 0 Å². The highest BCUT2D eigenvalue weighted by molar-refractivity contribution is 7.98. The molecule has 0 saturated carbocycles. The minimum absolute atomic E-state index is 0.0396. The zero-order chi connectivity index (χ0) is 19.6. The molecule has 3 aliphatic rings. The molecule has 7 nitrogen and oxygen atoms in total. The molecule has 1 saturated heterocycles. The number of thioether (sulfide) groups is 1. The average Bonchev–Trinajstić information content (AvgIpc) is 3.15. The van der Waals surface area contributed by atoms with E-state index in [4.69, 9.17) is 9.40 Å². The van der Waals surface area contributed by atoms with Gasteiger partial charge in [0.25, 0.3) is 5.56 Å². The van der Waals surface area contributed by atoms with Crippen LogP contribution in [0, 0.1) is 0 Å². The van der Waals surface area contributed by atoms with Crippen molar-refractivity contribution in [3.8, 4) is 0 Å². The molecule has 0 bridgehead atoms. The van der Waals surface area contributed by atoms with Gasteiger partial charge in [0.05, 0.1) is 24.5 Å². The van der Waals surface area contributed by atoms with Crippen LogP contribution < -0.4 is 5.56 Å². The lowest BCUT2D eigenvalue weighted by molar-refractivity contribution is 0.115. The van der Waals surface area contributed by atoms with Gasteiger partial charge in [-0.2, -0.15) is 16.9 Å². The van der Waals surface area contributed by atoms with Crippen molar-refractivity contribution in [3.05, 3.63) is 45.0 Å². The zero-order valence-electron chi connectivity index (χ0n) is 16.9. The number of hydrogen-bond acceptors (Lipinski definition) is 7. The molecule has 2 aliphatic heterocycles. The van der Waals surface area contributed by atoms with Crippen LogP contribution in [0.2, 0.25) is 0 Å². The molecule has 0 amide bonds. The number of aryl methyl sites for hydroxylation is 3. The first-order valence-electron chi connectivity index (χ1n) is 10.8. The van der Waals surface area contributed by atoms with Crippen molar-refractivity contribution >= 4 is 11.8 Å². The van der Waals surface area contributed by atoms with Crippen LogP contribution in [0.5, 0.6) is 0 Å². The maximum absolute atomic E-state index is 12.3. The summed E-state index contributed by atoms with van der Waals surface area (Å²) in [5, 5.41) is 4.63. The van der Waals surface area contributed by atoms with Crippen molar-refractivity contribution in [2.75, 3.05) is 38.5 Å². The Labute approximate surface area is 175 Å². The minimum atomic E-state index is 0.0396. The summed E-state index contributed by atoms with van der Waals surface area (Å²) in [6.07, 6.45) is 5.55. The Morgan fingerprint density at radius 1 is 1.00 bits per heavy atom. The molecule has 0 spiro atoms. The van der Waals surface area contributed by atoms with Crippen molar-refractivity contribution in [2.45, 2.75) is 50.9 Å². The summed E-state index contributed by atoms with van der Waals surface area (Å²) >= 11 is 1.88. The number of piperazine rings is 1. The first-order chi connectivity index (χ1) is 14.2. The Morgan fingerprint density at radius 2 is 1.83 bits per heavy atom. The summed E-state index contributed by atoms with van der Waals surface area (Å²) in [4.78, 5) is 21.9. The molecule has 0 aromatic carbocycles. The maximum atomic E-state index is 12.3. The molecule has 2 aromatic heterocycles. The number of rotatable bonds is 5. The van der Waals surface area contributed by atoms with E-state index in [-0.39, 0.29) is 5.56 Å². The molecule has 4 heterocycles. The summed E-state index contributed by atoms with van der Waals surface area (Å²) in [5.74, 6) is 4.03. The lowest BCUT2D eigenvalue weighted by Gasteiger charge is -2.34. The van der Waals surface area contributed by atoms with Crippen LogP contribution in [0.15, 0.2) is 15.3 Å². The summed E-state index contributed by atoms with van der Waals surface area (Å²) < 4.78 is 7.65. The molecule has 0 N–H and O–H groups in total. The lowest BCUT2D eigenvalue weighted by atomic mass is 10.0. The third-order valence-electron chi connectivity index (χ3n) is 6.25. The second-order valence-electron chi connectivity index (χ2n) is 8.28. The average molecular weight is 416 g/mol. The molecule has 0 radical (unpaired) electrons. The van der Waals surface area contributed by atoms with Crippen LogP contribution in [0.25, 0.3) is 0 Å². The van der Waals surface area contributed by atoms with E-state index >= 15 is 0 Å². The topological polar surface area (TPSA) is 67.4 Å². The first-order valence-corrected chi connectivity index (χ1v) is 12.0. The molecule has 2 aromatic rings. The number of oxazole rings is 1. The molecule has 0 unspecified atom stereocenters. The second-order valence-corrected chi connectivity index (χ2v) is 9.39. The normalized spacial score (nSPS) is 20.4. The largest absolute Gasteiger partial charge is 0.444 e. The lowest BCUT2D eigenvalue weighted by Crippen LogP contribution is -2.47. The van der Waals surface area contributed by atoms with E-state index < -0.39 is 0 Å². The first kappa shape index (κ1) is 19.3. The monoisotopic (exact) mass is 415 g/mol. The van der Waals surface area contributed by atoms with Gasteiger partial charge >= 0.3 is 0 Å². The zero-order valence-corrected chi connectivity index (χ0v) is 17.8. The third kappa shape index (κ3) is 4.44. The SMILES string of the molecule is O=c1cc2c(nn1CCN1CCN(Cc3nc4c(o3)CCCC4)CC1)CCSC2. The van der Waals surface area contributed by atoms with E-state index in [1.54, 1.807) is 10.7 Å². The third-order valence-corrected chi connectivity index (χ3v) is 7.25. The Balaban J connectivity index is 1.12. The van der Waals surface area contributed by atoms with Gasteiger partial charge in [0.1, 0.15) is 5.76 Å². The van der Waals surface area contributed by atoms with Gasteiger partial charge in [-0.15, -0.1) is 0 Å². The number of nitrogens with zero attached hydrogens (tertiary/aromatic N) is 5. The van der Waals surface area contributed by atoms with Crippen molar-refractivity contribution in [1.82, 2.24) is 24.6 Å². The predicted molar refractivity (Wildman–Crippen MR) is 113 cm³/mol. The number of hydrogen-bond donors (Lipinski definition) is 0. The standard InChI is InChI=1S/C21H29N5O2S/c27-21-13-16-15-29-12-5-17(16)23-26(21)11-10-24-6-8-25(9-7-24)14-20-22-18-3-1-2-4-19(18)28-20/h13H,1-12,14-15H2. The highest BCUT2D eigenvalue weighted by atomic mass is 32.2. The Morgan fingerprint density at radius 3 is 2.69 bits per heavy atom. The van der Waals surface area contributed by atoms with E-state index in [1.165, 1.54) is 18.5 Å². The highest BCUT2D eigenvalue weighted by Gasteiger charge is 2.22. The van der Waals surface area contributed by atoms with Gasteiger partial charge in [-0.1, -0.05) is 0 Å². The van der Waals surface area contributed by atoms with Gasteiger partial charge < -0.3 is 4.42 Å². The van der Waals surface area contributed by atoms with Crippen LogP contribution in [-0.2, 0) is 38.1 Å². The highest BCUT2D eigenvalue weighted by Crippen LogP contribution is 2.23. The van der Waals surface area contributed by atoms with Crippen molar-refractivity contribution in [2.24, 2.45) is 0 Å². The van der Waals surface area contributed by atoms with Crippen molar-refractivity contribution in [3.63, 3.8) is 0 Å². The van der Waals surface area contributed by atoms with Gasteiger partial charge in [0.15, 0.2) is 0 Å². The number of aromatic nitrogens is 3. The Kier molecular flexibility index (Phi) is 5.74. The Bertz CT molecular complexity index is 893. The predicted octanol–water partition coefficient (Wildman–Crippen LogP) is 1.72. The van der Waals surface area contributed by atoms with E-state index in [9.17, 15) is 4.79 Å². The quantitative estimate of drug-likeness (QED) is 0.737. The van der Waals surface area contributed by atoms with Gasteiger partial charge in [0, 0.05) is 57.4 Å². The van der Waals surface area contributed by atoms with Gasteiger partial charge in [-0.25, -0.2) is 9.67 Å². The van der Waals surface area contributed by atoms with Crippen LogP contribution in [-0.4, -0.2) is 63.0 Å². The summed E-state index contributed by atoms with van der Waals surface area (Å²) in [6.45, 7) is 6.40. The molecular weight excluding hydrogens is 386 g/mol. The summed E-state index contributed by atoms with van der Waals surface area (Å²) in [7, 11) is 0. The summed E-state index contributed by atoms with van der Waals surface area (Å²) in [6, 6.07) is 1.79. The number of fused-ring (bicyclic) bond motifs is 2. The molecule has 156 valence electrons. The van der Waals surface area contributed by atoms with Gasteiger partial charge in [-0.3, -0.25) is 14.6 Å². The van der Waals surface area contributed by atoms with Crippen LogP contribution in [0.4, 0.5) is 0 Å². The molecular formula is C21H29N5O2S. The molecule has 5 rings (SSSR count). The van der Waals surface area contributed by atoms with E-state index in [0.29, 0.717) is 6.54 Å².